The van der Waals surface area contributed by atoms with Crippen molar-refractivity contribution in [3.05, 3.63) is 65.3 Å². The van der Waals surface area contributed by atoms with Gasteiger partial charge in [-0.2, -0.15) is 0 Å². The van der Waals surface area contributed by atoms with Crippen molar-refractivity contribution in [1.82, 2.24) is 0 Å². The van der Waals surface area contributed by atoms with Gasteiger partial charge in [0.2, 0.25) is 0 Å². The van der Waals surface area contributed by atoms with Crippen molar-refractivity contribution in [2.24, 2.45) is 0 Å². The first-order chi connectivity index (χ1) is 8.02. The van der Waals surface area contributed by atoms with Gasteiger partial charge in [0.25, 0.3) is 0 Å². The normalized spacial score (nSPS) is 16.7. The van der Waals surface area contributed by atoms with E-state index >= 15 is 0 Å². The SMILES string of the molecule is C.C=CC1=C(/C=C\C)C(C)(C)c2cc(C)ccc21. The van der Waals surface area contributed by atoms with Crippen LogP contribution in [0, 0.1) is 6.92 Å². The number of rotatable bonds is 2. The van der Waals surface area contributed by atoms with Gasteiger partial charge in [0.05, 0.1) is 0 Å². The average molecular weight is 240 g/mol. The summed E-state index contributed by atoms with van der Waals surface area (Å²) in [6.07, 6.45) is 6.31. The van der Waals surface area contributed by atoms with E-state index in [0.29, 0.717) is 0 Å². The van der Waals surface area contributed by atoms with Crippen LogP contribution >= 0.6 is 0 Å². The highest BCUT2D eigenvalue weighted by molar-refractivity contribution is 5.87. The summed E-state index contributed by atoms with van der Waals surface area (Å²) in [5, 5.41) is 0. The third kappa shape index (κ3) is 1.96. The monoisotopic (exact) mass is 240 g/mol. The van der Waals surface area contributed by atoms with Crippen LogP contribution in [0.2, 0.25) is 0 Å². The predicted molar refractivity (Wildman–Crippen MR) is 82.9 cm³/mol. The van der Waals surface area contributed by atoms with E-state index in [-0.39, 0.29) is 12.8 Å². The van der Waals surface area contributed by atoms with Crippen molar-refractivity contribution in [1.29, 1.82) is 0 Å². The lowest BCUT2D eigenvalue weighted by atomic mass is 9.80. The van der Waals surface area contributed by atoms with E-state index < -0.39 is 0 Å². The molecule has 0 amide bonds. The minimum Gasteiger partial charge on any atom is -0.0984 e. The second-order valence-corrected chi connectivity index (χ2v) is 5.21. The lowest BCUT2D eigenvalue weighted by molar-refractivity contribution is 0.653. The Labute approximate surface area is 112 Å². The Morgan fingerprint density at radius 2 is 1.89 bits per heavy atom. The van der Waals surface area contributed by atoms with Crippen LogP contribution in [0.25, 0.3) is 5.57 Å². The van der Waals surface area contributed by atoms with Crippen molar-refractivity contribution >= 4 is 5.57 Å². The zero-order valence-electron chi connectivity index (χ0n) is 11.2. The lowest BCUT2D eigenvalue weighted by Gasteiger charge is -2.23. The minimum absolute atomic E-state index is 0. The molecule has 0 atom stereocenters. The first-order valence-electron chi connectivity index (χ1n) is 6.13. The summed E-state index contributed by atoms with van der Waals surface area (Å²) in [7, 11) is 0. The maximum atomic E-state index is 3.97. The average Bonchev–Trinajstić information content (AvgIpc) is 2.49. The van der Waals surface area contributed by atoms with Crippen LogP contribution in [0.5, 0.6) is 0 Å². The molecule has 0 bridgehead atoms. The molecule has 1 aliphatic carbocycles. The maximum absolute atomic E-state index is 3.97. The molecule has 0 nitrogen and oxygen atoms in total. The topological polar surface area (TPSA) is 0 Å². The van der Waals surface area contributed by atoms with E-state index in [2.05, 4.69) is 64.6 Å². The molecule has 0 fully saturated rings. The Morgan fingerprint density at radius 3 is 2.44 bits per heavy atom. The first kappa shape index (κ1) is 14.5. The summed E-state index contributed by atoms with van der Waals surface area (Å²) in [4.78, 5) is 0. The fourth-order valence-electron chi connectivity index (χ4n) is 2.72. The van der Waals surface area contributed by atoms with Crippen LogP contribution in [-0.4, -0.2) is 0 Å². The number of hydrogen-bond acceptors (Lipinski definition) is 0. The van der Waals surface area contributed by atoms with Crippen LogP contribution in [0.4, 0.5) is 0 Å². The third-order valence-corrected chi connectivity index (χ3v) is 3.64. The van der Waals surface area contributed by atoms with Crippen molar-refractivity contribution in [3.8, 4) is 0 Å². The predicted octanol–water partition coefficient (Wildman–Crippen LogP) is 5.44. The highest BCUT2D eigenvalue weighted by Gasteiger charge is 2.35. The summed E-state index contributed by atoms with van der Waals surface area (Å²) in [6, 6.07) is 6.70. The molecule has 0 unspecified atom stereocenters. The highest BCUT2D eigenvalue weighted by Crippen LogP contribution is 2.47. The smallest absolute Gasteiger partial charge is 0.0158 e. The molecule has 1 aromatic rings. The number of fused-ring (bicyclic) bond motifs is 1. The molecule has 0 heteroatoms. The van der Waals surface area contributed by atoms with E-state index in [1.807, 2.05) is 6.08 Å². The molecule has 0 N–H and O–H groups in total. The molecule has 0 heterocycles. The lowest BCUT2D eigenvalue weighted by Crippen LogP contribution is -2.16. The molecule has 0 aliphatic heterocycles. The largest absolute Gasteiger partial charge is 0.0984 e. The van der Waals surface area contributed by atoms with Gasteiger partial charge in [-0.15, -0.1) is 0 Å². The minimum atomic E-state index is 0. The molecule has 96 valence electrons. The third-order valence-electron chi connectivity index (χ3n) is 3.64. The molecule has 2 rings (SSSR count). The van der Waals surface area contributed by atoms with E-state index in [0.717, 1.165) is 0 Å². The summed E-state index contributed by atoms with van der Waals surface area (Å²) in [6.45, 7) is 12.8. The second kappa shape index (κ2) is 4.97. The Morgan fingerprint density at radius 1 is 1.22 bits per heavy atom. The molecule has 0 radical (unpaired) electrons. The Balaban J connectivity index is 0.00000162. The van der Waals surface area contributed by atoms with Crippen LogP contribution in [0.1, 0.15) is 44.9 Å². The van der Waals surface area contributed by atoms with Crippen molar-refractivity contribution in [3.63, 3.8) is 0 Å². The number of allylic oxidation sites excluding steroid dienone is 5. The van der Waals surface area contributed by atoms with Crippen molar-refractivity contribution in [2.45, 2.75) is 40.5 Å². The zero-order chi connectivity index (χ0) is 12.6. The number of aryl methyl sites for hydroxylation is 1. The van der Waals surface area contributed by atoms with Crippen molar-refractivity contribution < 1.29 is 0 Å². The fourth-order valence-corrected chi connectivity index (χ4v) is 2.72. The first-order valence-corrected chi connectivity index (χ1v) is 6.13. The van der Waals surface area contributed by atoms with E-state index in [1.165, 1.54) is 27.8 Å². The summed E-state index contributed by atoms with van der Waals surface area (Å²) in [5.74, 6) is 0. The Bertz CT molecular complexity index is 525. The number of hydrogen-bond donors (Lipinski definition) is 0. The van der Waals surface area contributed by atoms with Crippen LogP contribution in [-0.2, 0) is 5.41 Å². The van der Waals surface area contributed by atoms with E-state index in [1.54, 1.807) is 0 Å². The van der Waals surface area contributed by atoms with Gasteiger partial charge in [0.1, 0.15) is 0 Å². The van der Waals surface area contributed by atoms with Crippen LogP contribution in [0.15, 0.2) is 48.6 Å². The van der Waals surface area contributed by atoms with Gasteiger partial charge in [-0.25, -0.2) is 0 Å². The van der Waals surface area contributed by atoms with Gasteiger partial charge in [0.15, 0.2) is 0 Å². The Kier molecular flexibility index (Phi) is 4.01. The summed E-state index contributed by atoms with van der Waals surface area (Å²) in [5.41, 5.74) is 6.81. The molecule has 0 aromatic heterocycles. The quantitative estimate of drug-likeness (QED) is 0.646. The van der Waals surface area contributed by atoms with E-state index in [4.69, 9.17) is 0 Å². The van der Waals surface area contributed by atoms with Gasteiger partial charge in [-0.1, -0.05) is 69.8 Å². The molecule has 1 aliphatic rings. The molecular formula is C18H24. The van der Waals surface area contributed by atoms with Gasteiger partial charge in [-0.05, 0) is 36.1 Å². The van der Waals surface area contributed by atoms with Crippen LogP contribution < -0.4 is 0 Å². The summed E-state index contributed by atoms with van der Waals surface area (Å²) < 4.78 is 0. The standard InChI is InChI=1S/C17H20.CH4/c1-6-8-15-13(7-2)14-10-9-12(3)11-16(14)17(15,4)5;/h6-11H,2H2,1,3-5H3;1H4/b8-6-;. The van der Waals surface area contributed by atoms with Gasteiger partial charge < -0.3 is 0 Å². The zero-order valence-corrected chi connectivity index (χ0v) is 11.2. The van der Waals surface area contributed by atoms with Gasteiger partial charge in [0, 0.05) is 5.41 Å². The van der Waals surface area contributed by atoms with Crippen LogP contribution in [0.3, 0.4) is 0 Å². The fraction of sp³-hybridized carbons (Fsp3) is 0.333. The highest BCUT2D eigenvalue weighted by atomic mass is 14.4. The molecular weight excluding hydrogens is 216 g/mol. The molecule has 0 saturated heterocycles. The second-order valence-electron chi connectivity index (χ2n) is 5.21. The molecule has 1 aromatic carbocycles. The van der Waals surface area contributed by atoms with E-state index in [9.17, 15) is 0 Å². The summed E-state index contributed by atoms with van der Waals surface area (Å²) >= 11 is 0. The Hall–Kier alpha value is -1.56. The maximum Gasteiger partial charge on any atom is 0.0158 e. The molecule has 0 spiro atoms. The van der Waals surface area contributed by atoms with Crippen molar-refractivity contribution in [2.75, 3.05) is 0 Å². The molecule has 18 heavy (non-hydrogen) atoms. The number of benzene rings is 1. The molecule has 0 saturated carbocycles. The van der Waals surface area contributed by atoms with Gasteiger partial charge >= 0.3 is 0 Å². The van der Waals surface area contributed by atoms with Gasteiger partial charge in [-0.3, -0.25) is 0 Å².